The van der Waals surface area contributed by atoms with Gasteiger partial charge in [0.25, 0.3) is 0 Å². The first-order valence-electron chi connectivity index (χ1n) is 9.85. The lowest BCUT2D eigenvalue weighted by Crippen LogP contribution is -2.41. The summed E-state index contributed by atoms with van der Waals surface area (Å²) in [4.78, 5) is 0. The summed E-state index contributed by atoms with van der Waals surface area (Å²) in [6.07, 6.45) is 17.0. The van der Waals surface area contributed by atoms with E-state index in [0.717, 1.165) is 12.0 Å². The molecule has 0 bridgehead atoms. The Labute approximate surface area is 134 Å². The van der Waals surface area contributed by atoms with Gasteiger partial charge in [-0.25, -0.2) is 0 Å². The van der Waals surface area contributed by atoms with E-state index >= 15 is 0 Å². The monoisotopic (exact) mass is 295 g/mol. The van der Waals surface area contributed by atoms with E-state index in [0.29, 0.717) is 5.41 Å². The van der Waals surface area contributed by atoms with Crippen LogP contribution < -0.4 is 5.32 Å². The molecule has 0 aromatic heterocycles. The molecule has 2 unspecified atom stereocenters. The van der Waals surface area contributed by atoms with Crippen molar-refractivity contribution >= 4 is 0 Å². The molecule has 1 rings (SSSR count). The van der Waals surface area contributed by atoms with E-state index < -0.39 is 0 Å². The molecule has 0 aliphatic heterocycles. The van der Waals surface area contributed by atoms with Crippen LogP contribution in [0.4, 0.5) is 0 Å². The van der Waals surface area contributed by atoms with Crippen LogP contribution in [-0.4, -0.2) is 12.6 Å². The maximum absolute atomic E-state index is 3.88. The molecular weight excluding hydrogens is 254 g/mol. The molecule has 0 aromatic carbocycles. The molecule has 0 aromatic rings. The fourth-order valence-corrected chi connectivity index (χ4v) is 4.20. The largest absolute Gasteiger partial charge is 0.314 e. The van der Waals surface area contributed by atoms with Gasteiger partial charge in [0.15, 0.2) is 0 Å². The molecule has 2 atom stereocenters. The smallest absolute Gasteiger partial charge is 0.0100 e. The molecule has 0 saturated heterocycles. The highest BCUT2D eigenvalue weighted by atomic mass is 14.9. The van der Waals surface area contributed by atoms with Crippen LogP contribution in [0, 0.1) is 11.3 Å². The average molecular weight is 296 g/mol. The molecule has 1 fully saturated rings. The Morgan fingerprint density at radius 1 is 0.952 bits per heavy atom. The third-order valence-electron chi connectivity index (χ3n) is 5.60. The van der Waals surface area contributed by atoms with Crippen molar-refractivity contribution in [3.05, 3.63) is 0 Å². The van der Waals surface area contributed by atoms with Crippen LogP contribution in [0.5, 0.6) is 0 Å². The van der Waals surface area contributed by atoms with Crippen molar-refractivity contribution < 1.29 is 0 Å². The standard InChI is InChI=1S/C20H41N/c1-5-7-8-9-10-11-12-15-19(21-17-6-2)18-14-13-16-20(18,3)4/h18-19,21H,5-17H2,1-4H3. The van der Waals surface area contributed by atoms with Gasteiger partial charge in [-0.2, -0.15) is 0 Å². The third kappa shape index (κ3) is 7.17. The highest BCUT2D eigenvalue weighted by Crippen LogP contribution is 2.45. The van der Waals surface area contributed by atoms with Crippen LogP contribution in [0.1, 0.15) is 105 Å². The highest BCUT2D eigenvalue weighted by Gasteiger charge is 2.38. The number of unbranched alkanes of at least 4 members (excludes halogenated alkanes) is 6. The van der Waals surface area contributed by atoms with Crippen molar-refractivity contribution in [2.24, 2.45) is 11.3 Å². The van der Waals surface area contributed by atoms with E-state index in [1.807, 2.05) is 0 Å². The Bertz CT molecular complexity index is 246. The first-order valence-corrected chi connectivity index (χ1v) is 9.85. The van der Waals surface area contributed by atoms with Crippen LogP contribution in [0.3, 0.4) is 0 Å². The minimum Gasteiger partial charge on any atom is -0.314 e. The summed E-state index contributed by atoms with van der Waals surface area (Å²) >= 11 is 0. The fraction of sp³-hybridized carbons (Fsp3) is 1.00. The molecule has 0 spiro atoms. The summed E-state index contributed by atoms with van der Waals surface area (Å²) in [5.41, 5.74) is 0.562. The van der Waals surface area contributed by atoms with Crippen LogP contribution in [0.15, 0.2) is 0 Å². The molecule has 0 amide bonds. The molecule has 1 aliphatic rings. The van der Waals surface area contributed by atoms with E-state index in [2.05, 4.69) is 33.0 Å². The molecule has 0 heterocycles. The number of nitrogens with one attached hydrogen (secondary N) is 1. The topological polar surface area (TPSA) is 12.0 Å². The van der Waals surface area contributed by atoms with E-state index in [1.54, 1.807) is 0 Å². The van der Waals surface area contributed by atoms with Crippen molar-refractivity contribution in [1.82, 2.24) is 5.32 Å². The Balaban J connectivity index is 2.27. The first-order chi connectivity index (χ1) is 10.1. The minimum absolute atomic E-state index is 0.562. The van der Waals surface area contributed by atoms with Gasteiger partial charge in [0.2, 0.25) is 0 Å². The van der Waals surface area contributed by atoms with Crippen LogP contribution in [-0.2, 0) is 0 Å². The first kappa shape index (κ1) is 19.0. The van der Waals surface area contributed by atoms with Gasteiger partial charge in [0.05, 0.1) is 0 Å². The van der Waals surface area contributed by atoms with Gasteiger partial charge < -0.3 is 5.32 Å². The summed E-state index contributed by atoms with van der Waals surface area (Å²) in [6.45, 7) is 10.8. The van der Waals surface area contributed by atoms with Crippen molar-refractivity contribution in [3.63, 3.8) is 0 Å². The lowest BCUT2D eigenvalue weighted by atomic mass is 9.76. The fourth-order valence-electron chi connectivity index (χ4n) is 4.20. The second kappa shape index (κ2) is 10.6. The van der Waals surface area contributed by atoms with E-state index in [1.165, 1.54) is 83.6 Å². The number of rotatable bonds is 12. The van der Waals surface area contributed by atoms with Crippen LogP contribution in [0.25, 0.3) is 0 Å². The maximum Gasteiger partial charge on any atom is 0.0100 e. The summed E-state index contributed by atoms with van der Waals surface area (Å²) in [5, 5.41) is 3.88. The summed E-state index contributed by atoms with van der Waals surface area (Å²) < 4.78 is 0. The predicted octanol–water partition coefficient (Wildman–Crippen LogP) is 6.32. The van der Waals surface area contributed by atoms with Crippen molar-refractivity contribution in [2.45, 2.75) is 111 Å². The summed E-state index contributed by atoms with van der Waals surface area (Å²) in [5.74, 6) is 0.907. The van der Waals surface area contributed by atoms with Gasteiger partial charge in [-0.3, -0.25) is 0 Å². The molecule has 0 radical (unpaired) electrons. The molecule has 21 heavy (non-hydrogen) atoms. The van der Waals surface area contributed by atoms with E-state index in [-0.39, 0.29) is 0 Å². The zero-order valence-corrected chi connectivity index (χ0v) is 15.3. The summed E-state index contributed by atoms with van der Waals surface area (Å²) in [7, 11) is 0. The molecule has 126 valence electrons. The van der Waals surface area contributed by atoms with Crippen molar-refractivity contribution in [2.75, 3.05) is 6.54 Å². The number of hydrogen-bond acceptors (Lipinski definition) is 1. The van der Waals surface area contributed by atoms with Crippen LogP contribution >= 0.6 is 0 Å². The molecule has 1 aliphatic carbocycles. The average Bonchev–Trinajstić information content (AvgIpc) is 2.81. The Morgan fingerprint density at radius 3 is 2.19 bits per heavy atom. The maximum atomic E-state index is 3.88. The normalized spacial score (nSPS) is 22.6. The Hall–Kier alpha value is -0.0400. The molecule has 1 N–H and O–H groups in total. The van der Waals surface area contributed by atoms with E-state index in [9.17, 15) is 0 Å². The van der Waals surface area contributed by atoms with E-state index in [4.69, 9.17) is 0 Å². The predicted molar refractivity (Wildman–Crippen MR) is 95.8 cm³/mol. The second-order valence-electron chi connectivity index (χ2n) is 7.96. The second-order valence-corrected chi connectivity index (χ2v) is 7.96. The van der Waals surface area contributed by atoms with Crippen molar-refractivity contribution in [3.8, 4) is 0 Å². The highest BCUT2D eigenvalue weighted by molar-refractivity contribution is 4.92. The molecule has 1 saturated carbocycles. The zero-order chi connectivity index (χ0) is 15.6. The van der Waals surface area contributed by atoms with Gasteiger partial charge in [0, 0.05) is 6.04 Å². The van der Waals surface area contributed by atoms with Gasteiger partial charge in [-0.1, -0.05) is 79.1 Å². The zero-order valence-electron chi connectivity index (χ0n) is 15.3. The van der Waals surface area contributed by atoms with Crippen molar-refractivity contribution in [1.29, 1.82) is 0 Å². The van der Waals surface area contributed by atoms with Crippen LogP contribution in [0.2, 0.25) is 0 Å². The third-order valence-corrected chi connectivity index (χ3v) is 5.60. The SMILES string of the molecule is CCCCCCCCCC(NCCC)C1CCCC1(C)C. The lowest BCUT2D eigenvalue weighted by molar-refractivity contribution is 0.187. The van der Waals surface area contributed by atoms with Gasteiger partial charge in [0.1, 0.15) is 0 Å². The lowest BCUT2D eigenvalue weighted by Gasteiger charge is -2.35. The van der Waals surface area contributed by atoms with Gasteiger partial charge in [-0.05, 0) is 43.6 Å². The quantitative estimate of drug-likeness (QED) is 0.415. The summed E-state index contributed by atoms with van der Waals surface area (Å²) in [6, 6.07) is 0.776. The molecule has 1 nitrogen and oxygen atoms in total. The number of hydrogen-bond donors (Lipinski definition) is 1. The molecular formula is C20H41N. The molecule has 1 heteroatoms. The minimum atomic E-state index is 0.562. The van der Waals surface area contributed by atoms with Gasteiger partial charge in [-0.15, -0.1) is 0 Å². The van der Waals surface area contributed by atoms with Gasteiger partial charge >= 0.3 is 0 Å². The Morgan fingerprint density at radius 2 is 1.62 bits per heavy atom. The Kier molecular flexibility index (Phi) is 9.64.